The molecule has 2 aromatic heterocycles. The highest BCUT2D eigenvalue weighted by molar-refractivity contribution is 7.15. The number of hydrogen-bond donors (Lipinski definition) is 1. The second-order valence-corrected chi connectivity index (χ2v) is 10.4. The number of anilines is 1. The SMILES string of the molecule is CN(CCC#N)[C@H]1CCc2nc(NC(=O)c3cccc(Cn4cc(-c5ccc(C#N)cc5)nn4)c3)sc2C1. The van der Waals surface area contributed by atoms with Gasteiger partial charge in [-0.2, -0.15) is 10.5 Å². The van der Waals surface area contributed by atoms with Crippen molar-refractivity contribution in [2.24, 2.45) is 0 Å². The van der Waals surface area contributed by atoms with Gasteiger partial charge in [-0.25, -0.2) is 9.67 Å². The van der Waals surface area contributed by atoms with Gasteiger partial charge in [-0.15, -0.1) is 16.4 Å². The number of likely N-dealkylation sites (N-methyl/N-ethyl adjacent to an activating group) is 1. The summed E-state index contributed by atoms with van der Waals surface area (Å²) >= 11 is 1.54. The van der Waals surface area contributed by atoms with E-state index >= 15 is 0 Å². The van der Waals surface area contributed by atoms with E-state index in [4.69, 9.17) is 10.5 Å². The van der Waals surface area contributed by atoms with Crippen LogP contribution in [0, 0.1) is 22.7 Å². The first-order chi connectivity index (χ1) is 18.5. The molecule has 0 fully saturated rings. The fraction of sp³-hybridized carbons (Fsp3) is 0.286. The van der Waals surface area contributed by atoms with E-state index in [1.165, 1.54) is 16.2 Å². The molecule has 0 spiro atoms. The molecule has 1 amide bonds. The highest BCUT2D eigenvalue weighted by Gasteiger charge is 2.25. The number of nitrogens with one attached hydrogen (secondary N) is 1. The van der Waals surface area contributed by atoms with Crippen LogP contribution in [0.15, 0.2) is 54.7 Å². The van der Waals surface area contributed by atoms with Gasteiger partial charge in [0.15, 0.2) is 5.13 Å². The third kappa shape index (κ3) is 5.78. The molecule has 0 saturated carbocycles. The van der Waals surface area contributed by atoms with Crippen LogP contribution in [0.2, 0.25) is 0 Å². The number of carbonyl (C=O) groups excluding carboxylic acids is 1. The summed E-state index contributed by atoms with van der Waals surface area (Å²) in [6.45, 7) is 1.23. The standard InChI is InChI=1S/C28H26N8OS/c1-35(13-3-12-29)23-10-11-24-26(15-23)38-28(31-24)32-27(37)22-5-2-4-20(14-22)17-36-18-25(33-34-36)21-8-6-19(16-30)7-9-21/h2,4-9,14,18,23H,3,10-11,13,15,17H2,1H3,(H,31,32,37)/t23-/m0/s1. The van der Waals surface area contributed by atoms with E-state index in [2.05, 4.69) is 44.7 Å². The third-order valence-corrected chi connectivity index (χ3v) is 7.75. The summed E-state index contributed by atoms with van der Waals surface area (Å²) in [6.07, 6.45) is 5.14. The van der Waals surface area contributed by atoms with Gasteiger partial charge in [0.05, 0.1) is 36.1 Å². The zero-order valence-electron chi connectivity index (χ0n) is 21.0. The Hall–Kier alpha value is -4.38. The minimum absolute atomic E-state index is 0.197. The van der Waals surface area contributed by atoms with Gasteiger partial charge in [-0.3, -0.25) is 10.1 Å². The lowest BCUT2D eigenvalue weighted by Crippen LogP contribution is -2.36. The van der Waals surface area contributed by atoms with Gasteiger partial charge in [-0.05, 0) is 56.1 Å². The Morgan fingerprint density at radius 2 is 2.08 bits per heavy atom. The Balaban J connectivity index is 1.22. The second kappa shape index (κ2) is 11.3. The maximum atomic E-state index is 13.0. The molecule has 1 aliphatic carbocycles. The number of nitrogens with zero attached hydrogens (tertiary/aromatic N) is 7. The Morgan fingerprint density at radius 1 is 1.24 bits per heavy atom. The third-order valence-electron chi connectivity index (χ3n) is 6.72. The van der Waals surface area contributed by atoms with Crippen molar-refractivity contribution >= 4 is 22.4 Å². The number of amides is 1. The van der Waals surface area contributed by atoms with Crippen LogP contribution in [0.5, 0.6) is 0 Å². The summed E-state index contributed by atoms with van der Waals surface area (Å²) in [5.74, 6) is -0.197. The average molecular weight is 523 g/mol. The largest absolute Gasteiger partial charge is 0.302 e. The lowest BCUT2D eigenvalue weighted by Gasteiger charge is -2.29. The van der Waals surface area contributed by atoms with Crippen LogP contribution in [0.3, 0.4) is 0 Å². The van der Waals surface area contributed by atoms with E-state index in [0.29, 0.717) is 35.3 Å². The van der Waals surface area contributed by atoms with E-state index in [-0.39, 0.29) is 5.91 Å². The van der Waals surface area contributed by atoms with E-state index in [1.807, 2.05) is 36.5 Å². The van der Waals surface area contributed by atoms with Crippen LogP contribution in [0.4, 0.5) is 5.13 Å². The number of thiazole rings is 1. The zero-order valence-corrected chi connectivity index (χ0v) is 21.8. The summed E-state index contributed by atoms with van der Waals surface area (Å²) in [7, 11) is 2.07. The minimum Gasteiger partial charge on any atom is -0.302 e. The van der Waals surface area contributed by atoms with Crippen molar-refractivity contribution in [3.63, 3.8) is 0 Å². The predicted molar refractivity (Wildman–Crippen MR) is 144 cm³/mol. The number of hydrogen-bond acceptors (Lipinski definition) is 8. The van der Waals surface area contributed by atoms with Gasteiger partial charge >= 0.3 is 0 Å². The van der Waals surface area contributed by atoms with Crippen LogP contribution < -0.4 is 5.32 Å². The normalized spacial score (nSPS) is 14.5. The van der Waals surface area contributed by atoms with Gasteiger partial charge in [-0.1, -0.05) is 29.5 Å². The van der Waals surface area contributed by atoms with E-state index in [9.17, 15) is 4.79 Å². The number of carbonyl (C=O) groups is 1. The first-order valence-corrected chi connectivity index (χ1v) is 13.2. The van der Waals surface area contributed by atoms with Gasteiger partial charge in [0, 0.05) is 35.0 Å². The molecule has 2 aromatic carbocycles. The molecule has 0 aliphatic heterocycles. The fourth-order valence-electron chi connectivity index (χ4n) is 4.59. The highest BCUT2D eigenvalue weighted by Crippen LogP contribution is 2.31. The van der Waals surface area contributed by atoms with Gasteiger partial charge in [0.25, 0.3) is 5.91 Å². The van der Waals surface area contributed by atoms with Crippen molar-refractivity contribution in [2.45, 2.75) is 38.3 Å². The molecule has 0 saturated heterocycles. The molecule has 9 nitrogen and oxygen atoms in total. The van der Waals surface area contributed by atoms with Crippen molar-refractivity contribution in [2.75, 3.05) is 18.9 Å². The maximum absolute atomic E-state index is 13.0. The highest BCUT2D eigenvalue weighted by atomic mass is 32.1. The predicted octanol–water partition coefficient (Wildman–Crippen LogP) is 4.28. The number of rotatable bonds is 8. The summed E-state index contributed by atoms with van der Waals surface area (Å²) in [4.78, 5) is 21.2. The topological polar surface area (TPSA) is 124 Å². The van der Waals surface area contributed by atoms with Crippen molar-refractivity contribution in [1.29, 1.82) is 10.5 Å². The smallest absolute Gasteiger partial charge is 0.257 e. The molecule has 38 heavy (non-hydrogen) atoms. The van der Waals surface area contributed by atoms with Crippen molar-refractivity contribution < 1.29 is 4.79 Å². The van der Waals surface area contributed by atoms with Crippen LogP contribution in [0.25, 0.3) is 11.3 Å². The molecule has 190 valence electrons. The Bertz CT molecular complexity index is 1530. The van der Waals surface area contributed by atoms with E-state index < -0.39 is 0 Å². The summed E-state index contributed by atoms with van der Waals surface area (Å²) in [5.41, 5.74) is 4.74. The number of fused-ring (bicyclic) bond motifs is 1. The van der Waals surface area contributed by atoms with Crippen molar-refractivity contribution in [3.05, 3.63) is 82.0 Å². The first kappa shape index (κ1) is 25.3. The average Bonchev–Trinajstić information content (AvgIpc) is 3.58. The molecule has 0 unspecified atom stereocenters. The van der Waals surface area contributed by atoms with Gasteiger partial charge in [0.1, 0.15) is 5.69 Å². The summed E-state index contributed by atoms with van der Waals surface area (Å²) < 4.78 is 1.73. The number of aryl methyl sites for hydroxylation is 1. The molecule has 1 N–H and O–H groups in total. The quantitative estimate of drug-likeness (QED) is 0.366. The summed E-state index contributed by atoms with van der Waals surface area (Å²) in [5, 5.41) is 29.9. The molecule has 10 heteroatoms. The fourth-order valence-corrected chi connectivity index (χ4v) is 5.66. The Labute approximate surface area is 225 Å². The molecule has 2 heterocycles. The number of benzene rings is 2. The van der Waals surface area contributed by atoms with Crippen molar-refractivity contribution in [3.8, 4) is 23.4 Å². The lowest BCUT2D eigenvalue weighted by molar-refractivity contribution is 0.102. The van der Waals surface area contributed by atoms with Crippen LogP contribution in [-0.2, 0) is 19.4 Å². The second-order valence-electron chi connectivity index (χ2n) is 9.32. The van der Waals surface area contributed by atoms with Gasteiger partial charge in [0.2, 0.25) is 0 Å². The molecular weight excluding hydrogens is 496 g/mol. The maximum Gasteiger partial charge on any atom is 0.257 e. The van der Waals surface area contributed by atoms with Crippen molar-refractivity contribution in [1.82, 2.24) is 24.9 Å². The number of nitriles is 2. The molecule has 1 atom stereocenters. The van der Waals surface area contributed by atoms with E-state index in [0.717, 1.165) is 48.3 Å². The molecule has 1 aliphatic rings. The zero-order chi connectivity index (χ0) is 26.5. The molecule has 0 radical (unpaired) electrons. The van der Waals surface area contributed by atoms with E-state index in [1.54, 1.807) is 22.9 Å². The minimum atomic E-state index is -0.197. The van der Waals surface area contributed by atoms with Crippen LogP contribution in [-0.4, -0.2) is 50.4 Å². The molecule has 0 bridgehead atoms. The molecule has 5 rings (SSSR count). The Kier molecular flexibility index (Phi) is 7.55. The molecule has 4 aromatic rings. The van der Waals surface area contributed by atoms with Gasteiger partial charge < -0.3 is 4.90 Å². The number of aromatic nitrogens is 4. The van der Waals surface area contributed by atoms with Crippen LogP contribution >= 0.6 is 11.3 Å². The summed E-state index contributed by atoms with van der Waals surface area (Å²) in [6, 6.07) is 19.4. The monoisotopic (exact) mass is 522 g/mol. The first-order valence-electron chi connectivity index (χ1n) is 12.4. The van der Waals surface area contributed by atoms with Crippen LogP contribution in [0.1, 0.15) is 44.9 Å². The lowest BCUT2D eigenvalue weighted by atomic mass is 9.96. The Morgan fingerprint density at radius 3 is 2.87 bits per heavy atom. The molecular formula is C28H26N8OS.